The average molecular weight is 259 g/mol. The van der Waals surface area contributed by atoms with E-state index in [4.69, 9.17) is 11.5 Å². The van der Waals surface area contributed by atoms with Gasteiger partial charge in [0.1, 0.15) is 0 Å². The second-order valence-electron chi connectivity index (χ2n) is 3.71. The van der Waals surface area contributed by atoms with E-state index in [2.05, 4.69) is 10.1 Å². The lowest BCUT2D eigenvalue weighted by Crippen LogP contribution is -2.14. The van der Waals surface area contributed by atoms with Gasteiger partial charge in [-0.2, -0.15) is 5.10 Å². The highest BCUT2D eigenvalue weighted by Crippen LogP contribution is 2.25. The number of primary amides is 1. The number of fused-ring (bicyclic) bond motifs is 1. The van der Waals surface area contributed by atoms with Crippen molar-refractivity contribution in [3.63, 3.8) is 0 Å². The predicted octanol–water partition coefficient (Wildman–Crippen LogP) is 1.16. The van der Waals surface area contributed by atoms with Gasteiger partial charge in [0.15, 0.2) is 11.5 Å². The Labute approximate surface area is 106 Å². The van der Waals surface area contributed by atoms with Gasteiger partial charge in [0, 0.05) is 16.3 Å². The van der Waals surface area contributed by atoms with Gasteiger partial charge < -0.3 is 11.5 Å². The Balaban J connectivity index is 2.23. The Morgan fingerprint density at radius 1 is 1.39 bits per heavy atom. The summed E-state index contributed by atoms with van der Waals surface area (Å²) in [6.07, 6.45) is 3.23. The molecule has 0 fully saturated rings. The molecule has 1 amide bonds. The lowest BCUT2D eigenvalue weighted by molar-refractivity contribution is 0.0996. The summed E-state index contributed by atoms with van der Waals surface area (Å²) in [5, 5.41) is 7.00. The van der Waals surface area contributed by atoms with Crippen LogP contribution in [0.4, 0.5) is 5.69 Å². The number of nitrogen functional groups attached to an aromatic ring is 1. The minimum absolute atomic E-state index is 0.0593. The Hall–Kier alpha value is -2.41. The van der Waals surface area contributed by atoms with Crippen LogP contribution in [-0.4, -0.2) is 20.7 Å². The van der Waals surface area contributed by atoms with Crippen molar-refractivity contribution in [2.45, 2.75) is 0 Å². The minimum atomic E-state index is -0.649. The number of nitrogens with two attached hydrogens (primary N) is 2. The van der Waals surface area contributed by atoms with E-state index in [0.717, 1.165) is 10.1 Å². The van der Waals surface area contributed by atoms with Gasteiger partial charge in [0.05, 0.1) is 11.9 Å². The third kappa shape index (κ3) is 1.52. The summed E-state index contributed by atoms with van der Waals surface area (Å²) in [6.45, 7) is 0. The molecule has 3 rings (SSSR count). The van der Waals surface area contributed by atoms with E-state index in [1.54, 1.807) is 23.7 Å². The first-order chi connectivity index (χ1) is 8.66. The maximum Gasteiger partial charge on any atom is 0.271 e. The number of anilines is 1. The number of pyridine rings is 1. The Kier molecular flexibility index (Phi) is 2.27. The van der Waals surface area contributed by atoms with E-state index in [1.165, 1.54) is 4.68 Å². The number of rotatable bonds is 2. The molecule has 3 aromatic heterocycles. The molecule has 3 heterocycles. The molecule has 18 heavy (non-hydrogen) atoms. The molecular weight excluding hydrogens is 250 g/mol. The Morgan fingerprint density at radius 2 is 2.22 bits per heavy atom. The van der Waals surface area contributed by atoms with Crippen molar-refractivity contribution in [1.29, 1.82) is 0 Å². The van der Waals surface area contributed by atoms with Crippen molar-refractivity contribution >= 4 is 33.0 Å². The van der Waals surface area contributed by atoms with Crippen molar-refractivity contribution in [3.05, 3.63) is 35.6 Å². The molecular formula is C11H9N5OS. The second kappa shape index (κ2) is 3.81. The zero-order chi connectivity index (χ0) is 12.7. The summed E-state index contributed by atoms with van der Waals surface area (Å²) in [5.41, 5.74) is 11.2. The summed E-state index contributed by atoms with van der Waals surface area (Å²) in [5.74, 6) is -0.0170. The quantitative estimate of drug-likeness (QED) is 0.721. The van der Waals surface area contributed by atoms with Crippen LogP contribution in [-0.2, 0) is 0 Å². The normalized spacial score (nSPS) is 10.9. The summed E-state index contributed by atoms with van der Waals surface area (Å²) in [4.78, 5) is 15.4. The highest BCUT2D eigenvalue weighted by molar-refractivity contribution is 7.17. The SMILES string of the molecule is NC(=O)c1nn(-c2nccc3sccc23)cc1N. The molecule has 0 saturated heterocycles. The maximum atomic E-state index is 11.1. The number of amides is 1. The minimum Gasteiger partial charge on any atom is -0.396 e. The van der Waals surface area contributed by atoms with Crippen LogP contribution in [0.25, 0.3) is 15.9 Å². The second-order valence-corrected chi connectivity index (χ2v) is 4.66. The highest BCUT2D eigenvalue weighted by atomic mass is 32.1. The van der Waals surface area contributed by atoms with Crippen molar-refractivity contribution in [1.82, 2.24) is 14.8 Å². The number of carbonyl (C=O) groups is 1. The molecule has 0 aliphatic rings. The molecule has 90 valence electrons. The van der Waals surface area contributed by atoms with Crippen molar-refractivity contribution in [2.75, 3.05) is 5.73 Å². The van der Waals surface area contributed by atoms with Crippen LogP contribution in [0.15, 0.2) is 29.9 Å². The highest BCUT2D eigenvalue weighted by Gasteiger charge is 2.14. The van der Waals surface area contributed by atoms with Gasteiger partial charge in [-0.25, -0.2) is 9.67 Å². The standard InChI is InChI=1S/C11H9N5OS/c12-7-5-16(15-9(7)10(13)17)11-6-2-4-18-8(6)1-3-14-11/h1-5H,12H2,(H2,13,17). The van der Waals surface area contributed by atoms with Gasteiger partial charge in [0.2, 0.25) is 0 Å². The smallest absolute Gasteiger partial charge is 0.271 e. The molecule has 7 heteroatoms. The number of aromatic nitrogens is 3. The molecule has 0 unspecified atom stereocenters. The van der Waals surface area contributed by atoms with Crippen LogP contribution in [0.3, 0.4) is 0 Å². The van der Waals surface area contributed by atoms with E-state index in [0.29, 0.717) is 5.82 Å². The van der Waals surface area contributed by atoms with Crippen molar-refractivity contribution in [3.8, 4) is 5.82 Å². The fourth-order valence-corrected chi connectivity index (χ4v) is 2.53. The third-order valence-corrected chi connectivity index (χ3v) is 3.43. The summed E-state index contributed by atoms with van der Waals surface area (Å²) in [6, 6.07) is 3.87. The van der Waals surface area contributed by atoms with Crippen LogP contribution in [0.5, 0.6) is 0 Å². The maximum absolute atomic E-state index is 11.1. The van der Waals surface area contributed by atoms with E-state index < -0.39 is 5.91 Å². The molecule has 0 saturated carbocycles. The molecule has 0 bridgehead atoms. The fourth-order valence-electron chi connectivity index (χ4n) is 1.75. The number of nitrogens with zero attached hydrogens (tertiary/aromatic N) is 3. The molecule has 0 spiro atoms. The van der Waals surface area contributed by atoms with Gasteiger partial charge in [-0.3, -0.25) is 4.79 Å². The van der Waals surface area contributed by atoms with Gasteiger partial charge in [-0.1, -0.05) is 0 Å². The van der Waals surface area contributed by atoms with E-state index in [1.807, 2.05) is 17.5 Å². The first-order valence-electron chi connectivity index (χ1n) is 5.14. The van der Waals surface area contributed by atoms with Crippen LogP contribution in [0, 0.1) is 0 Å². The number of hydrogen-bond acceptors (Lipinski definition) is 5. The van der Waals surface area contributed by atoms with Crippen LogP contribution < -0.4 is 11.5 Å². The number of carbonyl (C=O) groups excluding carboxylic acids is 1. The molecule has 0 atom stereocenters. The first-order valence-corrected chi connectivity index (χ1v) is 6.02. The van der Waals surface area contributed by atoms with Crippen LogP contribution >= 0.6 is 11.3 Å². The van der Waals surface area contributed by atoms with Gasteiger partial charge in [0.25, 0.3) is 5.91 Å². The predicted molar refractivity (Wildman–Crippen MR) is 69.7 cm³/mol. The summed E-state index contributed by atoms with van der Waals surface area (Å²) in [7, 11) is 0. The molecule has 0 aliphatic carbocycles. The summed E-state index contributed by atoms with van der Waals surface area (Å²) < 4.78 is 2.57. The molecule has 0 aliphatic heterocycles. The molecule has 6 nitrogen and oxygen atoms in total. The topological polar surface area (TPSA) is 99.8 Å². The van der Waals surface area contributed by atoms with Crippen LogP contribution in [0.2, 0.25) is 0 Å². The van der Waals surface area contributed by atoms with Crippen LogP contribution in [0.1, 0.15) is 10.5 Å². The lowest BCUT2D eigenvalue weighted by atomic mass is 10.3. The largest absolute Gasteiger partial charge is 0.396 e. The van der Waals surface area contributed by atoms with E-state index in [9.17, 15) is 4.79 Å². The van der Waals surface area contributed by atoms with Gasteiger partial charge in [-0.05, 0) is 17.5 Å². The monoisotopic (exact) mass is 259 g/mol. The lowest BCUT2D eigenvalue weighted by Gasteiger charge is -2.01. The number of thiophene rings is 1. The van der Waals surface area contributed by atoms with Crippen molar-refractivity contribution in [2.24, 2.45) is 5.73 Å². The molecule has 0 radical (unpaired) electrons. The molecule has 4 N–H and O–H groups in total. The van der Waals surface area contributed by atoms with Gasteiger partial charge >= 0.3 is 0 Å². The zero-order valence-corrected chi connectivity index (χ0v) is 10.0. The Morgan fingerprint density at radius 3 is 2.94 bits per heavy atom. The molecule has 3 aromatic rings. The van der Waals surface area contributed by atoms with E-state index in [-0.39, 0.29) is 11.4 Å². The summed E-state index contributed by atoms with van der Waals surface area (Å²) >= 11 is 1.61. The van der Waals surface area contributed by atoms with Gasteiger partial charge in [-0.15, -0.1) is 11.3 Å². The van der Waals surface area contributed by atoms with E-state index >= 15 is 0 Å². The average Bonchev–Trinajstić information content (AvgIpc) is 2.94. The first kappa shape index (κ1) is 10.7. The Bertz CT molecular complexity index is 745. The fraction of sp³-hybridized carbons (Fsp3) is 0. The van der Waals surface area contributed by atoms with Crippen molar-refractivity contribution < 1.29 is 4.79 Å². The zero-order valence-electron chi connectivity index (χ0n) is 9.20. The molecule has 0 aromatic carbocycles. The number of hydrogen-bond donors (Lipinski definition) is 2. The third-order valence-electron chi connectivity index (χ3n) is 2.55.